The first kappa shape index (κ1) is 19.4. The average molecular weight is 372 g/mol. The molecule has 3 rings (SSSR count). The number of amides is 1. The predicted octanol–water partition coefficient (Wildman–Crippen LogP) is 5.04. The number of rotatable bonds is 6. The quantitative estimate of drug-likeness (QED) is 0.487. The highest BCUT2D eigenvalue weighted by Gasteiger charge is 2.06. The smallest absolute Gasteiger partial charge is 0.271 e. The first-order chi connectivity index (χ1) is 13.5. The van der Waals surface area contributed by atoms with E-state index < -0.39 is 0 Å². The maximum atomic E-state index is 12.3. The normalized spacial score (nSPS) is 11.2. The number of carbonyl (C=O) groups excluding carboxylic acids is 1. The van der Waals surface area contributed by atoms with Crippen molar-refractivity contribution in [3.63, 3.8) is 0 Å². The average Bonchev–Trinajstić information content (AvgIpc) is 2.72. The molecule has 0 aliphatic carbocycles. The summed E-state index contributed by atoms with van der Waals surface area (Å²) in [6.45, 7) is 6.45. The number of benzene rings is 3. The summed E-state index contributed by atoms with van der Waals surface area (Å²) in [5, 5.41) is 4.19. The molecule has 0 aliphatic rings. The molecule has 3 aromatic carbocycles. The van der Waals surface area contributed by atoms with Gasteiger partial charge in [0.1, 0.15) is 12.4 Å². The van der Waals surface area contributed by atoms with Gasteiger partial charge in [-0.1, -0.05) is 59.7 Å². The predicted molar refractivity (Wildman–Crippen MR) is 113 cm³/mol. The molecule has 0 radical (unpaired) electrons. The Morgan fingerprint density at radius 1 is 0.821 bits per heavy atom. The van der Waals surface area contributed by atoms with Crippen molar-refractivity contribution in [2.24, 2.45) is 5.10 Å². The Kier molecular flexibility index (Phi) is 6.22. The SMILES string of the molecule is CC(=NNC(=O)c1ccc(OCc2ccc(C)cc2)cc1)c1ccc(C)cc1. The van der Waals surface area contributed by atoms with Gasteiger partial charge in [-0.05, 0) is 56.2 Å². The van der Waals surface area contributed by atoms with Gasteiger partial charge in [0.25, 0.3) is 5.91 Å². The molecule has 142 valence electrons. The van der Waals surface area contributed by atoms with E-state index in [1.165, 1.54) is 11.1 Å². The lowest BCUT2D eigenvalue weighted by atomic mass is 10.1. The van der Waals surface area contributed by atoms with Crippen LogP contribution in [-0.2, 0) is 6.61 Å². The zero-order valence-corrected chi connectivity index (χ0v) is 16.4. The van der Waals surface area contributed by atoms with Gasteiger partial charge in [-0.3, -0.25) is 4.79 Å². The molecule has 0 atom stereocenters. The van der Waals surface area contributed by atoms with Crippen molar-refractivity contribution in [3.05, 3.63) is 101 Å². The summed E-state index contributed by atoms with van der Waals surface area (Å²) in [7, 11) is 0. The molecule has 3 aromatic rings. The van der Waals surface area contributed by atoms with E-state index in [4.69, 9.17) is 4.74 Å². The van der Waals surface area contributed by atoms with Crippen LogP contribution >= 0.6 is 0 Å². The second kappa shape index (κ2) is 9.00. The number of carbonyl (C=O) groups is 1. The van der Waals surface area contributed by atoms with Crippen molar-refractivity contribution in [1.82, 2.24) is 5.43 Å². The number of nitrogens with zero attached hydrogens (tertiary/aromatic N) is 1. The molecule has 0 fully saturated rings. The van der Waals surface area contributed by atoms with Gasteiger partial charge in [0.2, 0.25) is 0 Å². The molecule has 0 saturated carbocycles. The molecular formula is C24H24N2O2. The molecule has 0 spiro atoms. The standard InChI is InChI=1S/C24H24N2O2/c1-17-4-8-20(9-5-17)16-28-23-14-12-22(13-15-23)24(27)26-25-19(3)21-10-6-18(2)7-11-21/h4-15H,16H2,1-3H3,(H,26,27). The summed E-state index contributed by atoms with van der Waals surface area (Å²) in [6.07, 6.45) is 0. The number of nitrogens with one attached hydrogen (secondary N) is 1. The summed E-state index contributed by atoms with van der Waals surface area (Å²) in [5.74, 6) is 0.466. The van der Waals surface area contributed by atoms with Gasteiger partial charge in [-0.15, -0.1) is 0 Å². The van der Waals surface area contributed by atoms with Crippen molar-refractivity contribution in [3.8, 4) is 5.75 Å². The highest BCUT2D eigenvalue weighted by Crippen LogP contribution is 2.15. The molecule has 1 amide bonds. The fourth-order valence-corrected chi connectivity index (χ4v) is 2.61. The fourth-order valence-electron chi connectivity index (χ4n) is 2.61. The van der Waals surface area contributed by atoms with Gasteiger partial charge in [0.15, 0.2) is 0 Å². The van der Waals surface area contributed by atoms with Crippen LogP contribution in [0.2, 0.25) is 0 Å². The monoisotopic (exact) mass is 372 g/mol. The van der Waals surface area contributed by atoms with E-state index in [9.17, 15) is 4.79 Å². The van der Waals surface area contributed by atoms with Crippen LogP contribution in [0.15, 0.2) is 77.9 Å². The largest absolute Gasteiger partial charge is 0.489 e. The van der Waals surface area contributed by atoms with Gasteiger partial charge in [0.05, 0.1) is 5.71 Å². The fraction of sp³-hybridized carbons (Fsp3) is 0.167. The Labute approximate surface area is 165 Å². The molecular weight excluding hydrogens is 348 g/mol. The van der Waals surface area contributed by atoms with E-state index >= 15 is 0 Å². The third-order valence-electron chi connectivity index (χ3n) is 4.44. The zero-order valence-electron chi connectivity index (χ0n) is 16.4. The van der Waals surface area contributed by atoms with E-state index in [-0.39, 0.29) is 5.91 Å². The molecule has 0 unspecified atom stereocenters. The first-order valence-electron chi connectivity index (χ1n) is 9.21. The van der Waals surface area contributed by atoms with Gasteiger partial charge < -0.3 is 4.74 Å². The molecule has 1 N–H and O–H groups in total. The molecule has 0 saturated heterocycles. The number of aryl methyl sites for hydroxylation is 2. The Morgan fingerprint density at radius 3 is 1.96 bits per heavy atom. The molecule has 0 aromatic heterocycles. The number of ether oxygens (including phenoxy) is 1. The van der Waals surface area contributed by atoms with Gasteiger partial charge in [-0.25, -0.2) is 5.43 Å². The van der Waals surface area contributed by atoms with Crippen LogP contribution in [0, 0.1) is 13.8 Å². The highest BCUT2D eigenvalue weighted by atomic mass is 16.5. The summed E-state index contributed by atoms with van der Waals surface area (Å²) < 4.78 is 5.77. The lowest BCUT2D eigenvalue weighted by Gasteiger charge is -2.08. The van der Waals surface area contributed by atoms with Crippen molar-refractivity contribution >= 4 is 11.6 Å². The maximum absolute atomic E-state index is 12.3. The Bertz CT molecular complexity index is 957. The van der Waals surface area contributed by atoms with E-state index in [1.807, 2.05) is 50.2 Å². The third kappa shape index (κ3) is 5.30. The number of hydrazone groups is 1. The topological polar surface area (TPSA) is 50.7 Å². The lowest BCUT2D eigenvalue weighted by molar-refractivity contribution is 0.0955. The third-order valence-corrected chi connectivity index (χ3v) is 4.44. The summed E-state index contributed by atoms with van der Waals surface area (Å²) in [6, 6.07) is 23.3. The van der Waals surface area contributed by atoms with Crippen molar-refractivity contribution in [2.45, 2.75) is 27.4 Å². The van der Waals surface area contributed by atoms with Crippen LogP contribution in [0.1, 0.15) is 39.5 Å². The number of hydrogen-bond donors (Lipinski definition) is 1. The molecule has 28 heavy (non-hydrogen) atoms. The second-order valence-electron chi connectivity index (χ2n) is 6.80. The Hall–Kier alpha value is -3.40. The van der Waals surface area contributed by atoms with Crippen LogP contribution in [0.3, 0.4) is 0 Å². The summed E-state index contributed by atoms with van der Waals surface area (Å²) in [4.78, 5) is 12.3. The van der Waals surface area contributed by atoms with E-state index in [0.717, 1.165) is 22.6 Å². The molecule has 4 nitrogen and oxygen atoms in total. The van der Waals surface area contributed by atoms with Gasteiger partial charge in [-0.2, -0.15) is 5.10 Å². The van der Waals surface area contributed by atoms with Gasteiger partial charge >= 0.3 is 0 Å². The minimum Gasteiger partial charge on any atom is -0.489 e. The molecule has 4 heteroatoms. The van der Waals surface area contributed by atoms with E-state index in [1.54, 1.807) is 24.3 Å². The lowest BCUT2D eigenvalue weighted by Crippen LogP contribution is -2.19. The second-order valence-corrected chi connectivity index (χ2v) is 6.80. The summed E-state index contributed by atoms with van der Waals surface area (Å²) >= 11 is 0. The van der Waals surface area contributed by atoms with Crippen molar-refractivity contribution in [2.75, 3.05) is 0 Å². The first-order valence-corrected chi connectivity index (χ1v) is 9.21. The Morgan fingerprint density at radius 2 is 1.36 bits per heavy atom. The summed E-state index contributed by atoms with van der Waals surface area (Å²) in [5.41, 5.74) is 8.38. The van der Waals surface area contributed by atoms with Crippen molar-refractivity contribution < 1.29 is 9.53 Å². The minimum absolute atomic E-state index is 0.253. The molecule has 0 heterocycles. The van der Waals surface area contributed by atoms with E-state index in [0.29, 0.717) is 12.2 Å². The number of hydrogen-bond acceptors (Lipinski definition) is 3. The van der Waals surface area contributed by atoms with Crippen LogP contribution < -0.4 is 10.2 Å². The highest BCUT2D eigenvalue weighted by molar-refractivity contribution is 6.00. The molecule has 0 aliphatic heterocycles. The van der Waals surface area contributed by atoms with Crippen molar-refractivity contribution in [1.29, 1.82) is 0 Å². The zero-order chi connectivity index (χ0) is 19.9. The van der Waals surface area contributed by atoms with Crippen LogP contribution in [0.4, 0.5) is 0 Å². The van der Waals surface area contributed by atoms with E-state index in [2.05, 4.69) is 29.6 Å². The maximum Gasteiger partial charge on any atom is 0.271 e. The Balaban J connectivity index is 1.56. The van der Waals surface area contributed by atoms with Crippen LogP contribution in [0.5, 0.6) is 5.75 Å². The van der Waals surface area contributed by atoms with Crippen LogP contribution in [0.25, 0.3) is 0 Å². The molecule has 0 bridgehead atoms. The van der Waals surface area contributed by atoms with Gasteiger partial charge in [0, 0.05) is 5.56 Å². The minimum atomic E-state index is -0.253. The van der Waals surface area contributed by atoms with Crippen LogP contribution in [-0.4, -0.2) is 11.6 Å².